The van der Waals surface area contributed by atoms with E-state index in [-0.39, 0.29) is 29.7 Å². The van der Waals surface area contributed by atoms with E-state index < -0.39 is 28.5 Å². The predicted octanol–water partition coefficient (Wildman–Crippen LogP) is 7.03. The molecule has 248 valence electrons. The second-order valence-electron chi connectivity index (χ2n) is 11.6. The molecule has 0 spiro atoms. The lowest BCUT2D eigenvalue weighted by Gasteiger charge is -2.34. The molecule has 0 radical (unpaired) electrons. The number of sulfonamides is 1. The smallest absolute Gasteiger partial charge is 0.264 e. The third kappa shape index (κ3) is 9.59. The zero-order chi connectivity index (χ0) is 34.1. The molecule has 0 fully saturated rings. The van der Waals surface area contributed by atoms with Crippen LogP contribution in [-0.4, -0.2) is 51.4 Å². The van der Waals surface area contributed by atoms with Crippen molar-refractivity contribution in [3.8, 4) is 5.75 Å². The summed E-state index contributed by atoms with van der Waals surface area (Å²) in [5, 5.41) is 3.47. The summed E-state index contributed by atoms with van der Waals surface area (Å²) in [6.45, 7) is 5.76. The molecule has 47 heavy (non-hydrogen) atoms. The molecule has 4 aromatic rings. The summed E-state index contributed by atoms with van der Waals surface area (Å²) >= 11 is 9.70. The Balaban J connectivity index is 1.81. The maximum atomic E-state index is 14.6. The van der Waals surface area contributed by atoms with Gasteiger partial charge in [-0.05, 0) is 82.4 Å². The van der Waals surface area contributed by atoms with E-state index in [2.05, 4.69) is 21.2 Å². The Hall–Kier alpha value is -3.86. The molecule has 0 aliphatic carbocycles. The second kappa shape index (κ2) is 16.3. The van der Waals surface area contributed by atoms with Crippen LogP contribution >= 0.6 is 27.5 Å². The molecule has 0 heterocycles. The maximum Gasteiger partial charge on any atom is 0.264 e. The van der Waals surface area contributed by atoms with Crippen molar-refractivity contribution in [1.82, 2.24) is 10.2 Å². The van der Waals surface area contributed by atoms with Crippen molar-refractivity contribution in [2.45, 2.75) is 44.7 Å². The number of carbonyl (C=O) groups is 2. The number of anilines is 1. The summed E-state index contributed by atoms with van der Waals surface area (Å²) < 4.78 is 35.4. The van der Waals surface area contributed by atoms with E-state index in [4.69, 9.17) is 16.3 Å². The molecular weight excluding hydrogens is 702 g/mol. The summed E-state index contributed by atoms with van der Waals surface area (Å²) in [5.74, 6) is -0.241. The molecule has 8 nitrogen and oxygen atoms in total. The van der Waals surface area contributed by atoms with Gasteiger partial charge in [-0.1, -0.05) is 85.6 Å². The average Bonchev–Trinajstić information content (AvgIpc) is 3.05. The van der Waals surface area contributed by atoms with Crippen LogP contribution in [0.2, 0.25) is 5.02 Å². The molecule has 1 atom stereocenters. The fourth-order valence-corrected chi connectivity index (χ4v) is 7.33. The molecule has 4 aromatic carbocycles. The van der Waals surface area contributed by atoms with Crippen LogP contribution in [-0.2, 0) is 32.6 Å². The number of hydrogen-bond donors (Lipinski definition) is 1. The quantitative estimate of drug-likeness (QED) is 0.150. The molecule has 11 heteroatoms. The molecule has 0 aliphatic rings. The Bertz CT molecular complexity index is 1790. The van der Waals surface area contributed by atoms with Crippen LogP contribution < -0.4 is 14.4 Å². The topological polar surface area (TPSA) is 96.0 Å². The highest BCUT2D eigenvalue weighted by atomic mass is 79.9. The van der Waals surface area contributed by atoms with Gasteiger partial charge in [0, 0.05) is 24.5 Å². The van der Waals surface area contributed by atoms with Gasteiger partial charge in [0.1, 0.15) is 18.3 Å². The molecule has 2 amide bonds. The molecule has 0 unspecified atom stereocenters. The first-order chi connectivity index (χ1) is 22.4. The SMILES string of the molecule is COc1ccc(S(=O)(=O)N(CC(=O)N(Cc2cccc(Cl)c2)[C@H](Cc2ccccc2)C(=O)NCC(C)C)c2ccc(C)cc2)cc1Br. The van der Waals surface area contributed by atoms with Crippen molar-refractivity contribution in [3.63, 3.8) is 0 Å². The normalized spacial score (nSPS) is 12.0. The number of nitrogens with zero attached hydrogens (tertiary/aromatic N) is 2. The zero-order valence-corrected chi connectivity index (χ0v) is 30.0. The van der Waals surface area contributed by atoms with Crippen molar-refractivity contribution < 1.29 is 22.7 Å². The van der Waals surface area contributed by atoms with E-state index >= 15 is 0 Å². The molecule has 0 aromatic heterocycles. The van der Waals surface area contributed by atoms with Gasteiger partial charge in [0.2, 0.25) is 11.8 Å². The minimum Gasteiger partial charge on any atom is -0.496 e. The molecular formula is C36H39BrClN3O5S. The van der Waals surface area contributed by atoms with E-state index in [0.717, 1.165) is 15.4 Å². The highest BCUT2D eigenvalue weighted by Crippen LogP contribution is 2.31. The number of benzene rings is 4. The predicted molar refractivity (Wildman–Crippen MR) is 190 cm³/mol. The van der Waals surface area contributed by atoms with Crippen LogP contribution in [0.15, 0.2) is 106 Å². The Kier molecular flexibility index (Phi) is 12.5. The number of halogens is 2. The summed E-state index contributed by atoms with van der Waals surface area (Å²) in [7, 11) is -2.78. The fraction of sp³-hybridized carbons (Fsp3) is 0.278. The Morgan fingerprint density at radius 1 is 0.915 bits per heavy atom. The van der Waals surface area contributed by atoms with E-state index in [0.29, 0.717) is 33.0 Å². The average molecular weight is 741 g/mol. The van der Waals surface area contributed by atoms with Crippen LogP contribution in [0.3, 0.4) is 0 Å². The number of hydrogen-bond acceptors (Lipinski definition) is 5. The zero-order valence-electron chi connectivity index (χ0n) is 26.8. The minimum absolute atomic E-state index is 0.0296. The van der Waals surface area contributed by atoms with Gasteiger partial charge in [-0.3, -0.25) is 13.9 Å². The number of amides is 2. The van der Waals surface area contributed by atoms with Gasteiger partial charge >= 0.3 is 0 Å². The van der Waals surface area contributed by atoms with Crippen molar-refractivity contribution in [1.29, 1.82) is 0 Å². The molecule has 4 rings (SSSR count). The maximum absolute atomic E-state index is 14.6. The number of carbonyl (C=O) groups excluding carboxylic acids is 2. The summed E-state index contributed by atoms with van der Waals surface area (Å²) in [6.07, 6.45) is 0.222. The third-order valence-corrected chi connectivity index (χ3v) is 10.1. The number of rotatable bonds is 14. The van der Waals surface area contributed by atoms with E-state index in [1.807, 2.05) is 57.2 Å². The third-order valence-electron chi connectivity index (χ3n) is 7.51. The van der Waals surface area contributed by atoms with Gasteiger partial charge in [0.15, 0.2) is 0 Å². The highest BCUT2D eigenvalue weighted by Gasteiger charge is 2.35. The number of methoxy groups -OCH3 is 1. The first kappa shape index (κ1) is 36.0. The van der Waals surface area contributed by atoms with Crippen molar-refractivity contribution in [3.05, 3.63) is 123 Å². The Labute approximate surface area is 290 Å². The molecule has 0 aliphatic heterocycles. The van der Waals surface area contributed by atoms with Gasteiger partial charge in [-0.25, -0.2) is 8.42 Å². The molecule has 0 bridgehead atoms. The van der Waals surface area contributed by atoms with E-state index in [9.17, 15) is 18.0 Å². The minimum atomic E-state index is -4.27. The van der Waals surface area contributed by atoms with Crippen LogP contribution in [0, 0.1) is 12.8 Å². The van der Waals surface area contributed by atoms with Crippen LogP contribution in [0.25, 0.3) is 0 Å². The van der Waals surface area contributed by atoms with Gasteiger partial charge in [-0.15, -0.1) is 0 Å². The molecule has 0 saturated heterocycles. The van der Waals surface area contributed by atoms with Crippen LogP contribution in [0.4, 0.5) is 5.69 Å². The summed E-state index contributed by atoms with van der Waals surface area (Å²) in [5.41, 5.74) is 2.79. The molecule has 1 N–H and O–H groups in total. The van der Waals surface area contributed by atoms with Gasteiger partial charge in [-0.2, -0.15) is 0 Å². The number of aryl methyl sites for hydroxylation is 1. The largest absolute Gasteiger partial charge is 0.496 e. The highest BCUT2D eigenvalue weighted by molar-refractivity contribution is 9.10. The lowest BCUT2D eigenvalue weighted by atomic mass is 10.0. The number of nitrogens with one attached hydrogen (secondary N) is 1. The lowest BCUT2D eigenvalue weighted by Crippen LogP contribution is -2.53. The molecule has 0 saturated carbocycles. The Morgan fingerprint density at radius 2 is 1.60 bits per heavy atom. The lowest BCUT2D eigenvalue weighted by molar-refractivity contribution is -0.140. The van der Waals surface area contributed by atoms with Crippen LogP contribution in [0.1, 0.15) is 30.5 Å². The van der Waals surface area contributed by atoms with E-state index in [1.54, 1.807) is 48.5 Å². The van der Waals surface area contributed by atoms with Crippen molar-refractivity contribution >= 4 is 55.1 Å². The standard InChI is InChI=1S/C36H39BrClN3O5S/c1-25(2)22-39-36(43)33(20-27-9-6-5-7-10-27)40(23-28-11-8-12-29(38)19-28)35(42)24-41(30-15-13-26(3)14-16-30)47(44,45)31-17-18-34(46-4)32(37)21-31/h5-19,21,25,33H,20,22-24H2,1-4H3,(H,39,43)/t33-/m1/s1. The van der Waals surface area contributed by atoms with E-state index in [1.165, 1.54) is 24.1 Å². The van der Waals surface area contributed by atoms with Crippen molar-refractivity contribution in [2.75, 3.05) is 24.5 Å². The Morgan fingerprint density at radius 3 is 2.21 bits per heavy atom. The first-order valence-corrected chi connectivity index (χ1v) is 17.8. The van der Waals surface area contributed by atoms with Crippen molar-refractivity contribution in [2.24, 2.45) is 5.92 Å². The number of ether oxygens (including phenoxy) is 1. The fourth-order valence-electron chi connectivity index (χ4n) is 4.98. The first-order valence-electron chi connectivity index (χ1n) is 15.2. The van der Waals surface area contributed by atoms with Gasteiger partial charge < -0.3 is 15.0 Å². The van der Waals surface area contributed by atoms with Crippen LogP contribution in [0.5, 0.6) is 5.75 Å². The van der Waals surface area contributed by atoms with Gasteiger partial charge in [0.05, 0.1) is 22.2 Å². The monoisotopic (exact) mass is 739 g/mol. The second-order valence-corrected chi connectivity index (χ2v) is 14.8. The summed E-state index contributed by atoms with van der Waals surface area (Å²) in [6, 6.07) is 26.9. The summed E-state index contributed by atoms with van der Waals surface area (Å²) in [4.78, 5) is 29.9. The van der Waals surface area contributed by atoms with Gasteiger partial charge in [0.25, 0.3) is 10.0 Å².